The molecule has 0 fully saturated rings. The van der Waals surface area contributed by atoms with E-state index in [4.69, 9.17) is 27.9 Å². The number of hydrogen-bond acceptors (Lipinski definition) is 5. The van der Waals surface area contributed by atoms with Gasteiger partial charge in [-0.15, -0.1) is 0 Å². The number of anilines is 1. The average molecular weight is 693 g/mol. The van der Waals surface area contributed by atoms with Crippen LogP contribution in [0.1, 0.15) is 40.1 Å². The van der Waals surface area contributed by atoms with Crippen molar-refractivity contribution in [3.05, 3.63) is 67.2 Å². The van der Waals surface area contributed by atoms with Crippen LogP contribution in [0.5, 0.6) is 5.75 Å². The Morgan fingerprint density at radius 3 is 2.32 bits per heavy atom. The van der Waals surface area contributed by atoms with Gasteiger partial charge in [0.15, 0.2) is 0 Å². The van der Waals surface area contributed by atoms with Crippen LogP contribution in [0, 0.1) is 3.57 Å². The summed E-state index contributed by atoms with van der Waals surface area (Å²) in [7, 11) is -3.45. The van der Waals surface area contributed by atoms with Gasteiger partial charge in [-0.05, 0) is 72.8 Å². The van der Waals surface area contributed by atoms with Crippen molar-refractivity contribution in [2.45, 2.75) is 25.6 Å². The molecular formula is C23H22Cl2F3IN2O5S. The Kier molecular flexibility index (Phi) is 10.3. The molecule has 0 radical (unpaired) electrons. The molecular weight excluding hydrogens is 671 g/mol. The SMILES string of the molecule is CC(C)(CS(C)(=O)=O)NC(=O)c1c(I)cccc1C(=O)Nc1ccc(OCC=C(Cl)Cl)cc1C(F)(F)F. The van der Waals surface area contributed by atoms with Gasteiger partial charge in [-0.2, -0.15) is 13.2 Å². The zero-order valence-electron chi connectivity index (χ0n) is 19.7. The second kappa shape index (κ2) is 12.2. The number of carbonyl (C=O) groups excluding carboxylic acids is 2. The monoisotopic (exact) mass is 692 g/mol. The van der Waals surface area contributed by atoms with Crippen molar-refractivity contribution in [1.29, 1.82) is 0 Å². The molecule has 2 aromatic carbocycles. The minimum atomic E-state index is -4.84. The first-order chi connectivity index (χ1) is 16.9. The summed E-state index contributed by atoms with van der Waals surface area (Å²) in [4.78, 5) is 26.1. The van der Waals surface area contributed by atoms with Crippen molar-refractivity contribution < 1.29 is 35.9 Å². The molecule has 2 N–H and O–H groups in total. The number of rotatable bonds is 9. The second-order valence-electron chi connectivity index (χ2n) is 8.53. The molecule has 2 rings (SSSR count). The number of nitrogens with one attached hydrogen (secondary N) is 2. The van der Waals surface area contributed by atoms with Crippen LogP contribution in [0.4, 0.5) is 18.9 Å². The minimum Gasteiger partial charge on any atom is -0.489 e. The number of halogens is 6. The molecule has 0 atom stereocenters. The topological polar surface area (TPSA) is 102 Å². The van der Waals surface area contributed by atoms with Gasteiger partial charge >= 0.3 is 6.18 Å². The first kappa shape index (κ1) is 31.2. The van der Waals surface area contributed by atoms with Crippen molar-refractivity contribution in [1.82, 2.24) is 5.32 Å². The fourth-order valence-corrected chi connectivity index (χ4v) is 5.60. The summed E-state index contributed by atoms with van der Waals surface area (Å²) in [6, 6.07) is 7.23. The van der Waals surface area contributed by atoms with E-state index >= 15 is 0 Å². The Balaban J connectivity index is 2.40. The van der Waals surface area contributed by atoms with E-state index in [0.29, 0.717) is 9.64 Å². The molecule has 0 bridgehead atoms. The van der Waals surface area contributed by atoms with E-state index in [1.165, 1.54) is 44.2 Å². The molecule has 0 saturated heterocycles. The third-order valence-corrected chi connectivity index (χ3v) is 7.05. The van der Waals surface area contributed by atoms with E-state index in [-0.39, 0.29) is 33.7 Å². The first-order valence-electron chi connectivity index (χ1n) is 10.3. The first-order valence-corrected chi connectivity index (χ1v) is 14.2. The van der Waals surface area contributed by atoms with Crippen LogP contribution in [0.2, 0.25) is 0 Å². The molecule has 0 heterocycles. The molecule has 0 saturated carbocycles. The largest absolute Gasteiger partial charge is 0.489 e. The maximum absolute atomic E-state index is 13.7. The molecule has 37 heavy (non-hydrogen) atoms. The minimum absolute atomic E-state index is 0.111. The quantitative estimate of drug-likeness (QED) is 0.323. The lowest BCUT2D eigenvalue weighted by atomic mass is 10.0. The highest BCUT2D eigenvalue weighted by molar-refractivity contribution is 14.1. The van der Waals surface area contributed by atoms with E-state index in [1.54, 1.807) is 0 Å². The van der Waals surface area contributed by atoms with Crippen LogP contribution in [0.25, 0.3) is 0 Å². The van der Waals surface area contributed by atoms with Crippen molar-refractivity contribution in [3.8, 4) is 5.75 Å². The van der Waals surface area contributed by atoms with Gasteiger partial charge in [0.1, 0.15) is 26.7 Å². The Morgan fingerprint density at radius 2 is 1.76 bits per heavy atom. The van der Waals surface area contributed by atoms with Crippen LogP contribution in [0.15, 0.2) is 47.0 Å². The van der Waals surface area contributed by atoms with Crippen molar-refractivity contribution >= 4 is 73.1 Å². The summed E-state index contributed by atoms with van der Waals surface area (Å²) in [6.07, 6.45) is -2.58. The molecule has 0 aromatic heterocycles. The number of alkyl halides is 3. The zero-order valence-corrected chi connectivity index (χ0v) is 24.2. The van der Waals surface area contributed by atoms with Gasteiger partial charge in [0.25, 0.3) is 11.8 Å². The molecule has 202 valence electrons. The van der Waals surface area contributed by atoms with Crippen LogP contribution in [0.3, 0.4) is 0 Å². The highest BCUT2D eigenvalue weighted by Gasteiger charge is 2.35. The second-order valence-corrected chi connectivity index (χ2v) is 12.8. The van der Waals surface area contributed by atoms with Crippen LogP contribution in [-0.2, 0) is 16.0 Å². The fourth-order valence-electron chi connectivity index (χ4n) is 3.35. The zero-order chi connectivity index (χ0) is 28.2. The molecule has 14 heteroatoms. The number of benzene rings is 2. The molecule has 0 aliphatic heterocycles. The highest BCUT2D eigenvalue weighted by atomic mass is 127. The van der Waals surface area contributed by atoms with Gasteiger partial charge in [-0.3, -0.25) is 9.59 Å². The summed E-state index contributed by atoms with van der Waals surface area (Å²) < 4.78 is 70.1. The lowest BCUT2D eigenvalue weighted by Crippen LogP contribution is -2.48. The molecule has 0 aliphatic carbocycles. The van der Waals surface area contributed by atoms with Crippen LogP contribution < -0.4 is 15.4 Å². The molecule has 2 aromatic rings. The summed E-state index contributed by atoms with van der Waals surface area (Å²) >= 11 is 12.7. The fraction of sp³-hybridized carbons (Fsp3) is 0.304. The molecule has 7 nitrogen and oxygen atoms in total. The molecule has 0 spiro atoms. The summed E-state index contributed by atoms with van der Waals surface area (Å²) in [6.45, 7) is 2.82. The van der Waals surface area contributed by atoms with E-state index in [0.717, 1.165) is 12.3 Å². The Hall–Kier alpha value is -2.03. The van der Waals surface area contributed by atoms with Crippen molar-refractivity contribution in [2.24, 2.45) is 0 Å². The van der Waals surface area contributed by atoms with Gasteiger partial charge in [0.05, 0.1) is 28.1 Å². The number of carbonyl (C=O) groups is 2. The van der Waals surface area contributed by atoms with Gasteiger partial charge in [-0.1, -0.05) is 29.3 Å². The normalized spacial score (nSPS) is 12.0. The third kappa shape index (κ3) is 9.65. The number of sulfone groups is 1. The predicted molar refractivity (Wildman–Crippen MR) is 145 cm³/mol. The molecule has 0 aliphatic rings. The number of amides is 2. The van der Waals surface area contributed by atoms with Gasteiger partial charge < -0.3 is 15.4 Å². The van der Waals surface area contributed by atoms with Crippen molar-refractivity contribution in [3.63, 3.8) is 0 Å². The van der Waals surface area contributed by atoms with Gasteiger partial charge in [-0.25, -0.2) is 8.42 Å². The highest BCUT2D eigenvalue weighted by Crippen LogP contribution is 2.37. The average Bonchev–Trinajstić information content (AvgIpc) is 2.71. The van der Waals surface area contributed by atoms with Crippen LogP contribution >= 0.6 is 45.8 Å². The van der Waals surface area contributed by atoms with Crippen LogP contribution in [-0.4, -0.2) is 44.4 Å². The van der Waals surface area contributed by atoms with E-state index in [9.17, 15) is 31.2 Å². The Bertz CT molecular complexity index is 1330. The maximum Gasteiger partial charge on any atom is 0.418 e. The summed E-state index contributed by atoms with van der Waals surface area (Å²) in [5.41, 5.74) is -3.22. The van der Waals surface area contributed by atoms with E-state index in [1.807, 2.05) is 22.6 Å². The lowest BCUT2D eigenvalue weighted by Gasteiger charge is -2.26. The number of hydrogen-bond donors (Lipinski definition) is 2. The smallest absolute Gasteiger partial charge is 0.418 e. The summed E-state index contributed by atoms with van der Waals surface area (Å²) in [5.74, 6) is -2.23. The van der Waals surface area contributed by atoms with E-state index in [2.05, 4.69) is 10.6 Å². The van der Waals surface area contributed by atoms with E-state index < -0.39 is 44.6 Å². The Labute approximate surface area is 235 Å². The number of ether oxygens (including phenoxy) is 1. The molecule has 0 unspecified atom stereocenters. The van der Waals surface area contributed by atoms with Gasteiger partial charge in [0.2, 0.25) is 0 Å². The standard InChI is InChI=1S/C23H22Cl2F3IN2O5S/c1-22(2,12-37(3,34)35)31-21(33)19-14(5-4-6-16(19)29)20(32)30-17-8-7-13(36-10-9-18(24)25)11-15(17)23(26,27)28/h4-9,11H,10,12H2,1-3H3,(H,30,32)(H,31,33). The third-order valence-electron chi connectivity index (χ3n) is 4.59. The summed E-state index contributed by atoms with van der Waals surface area (Å²) in [5, 5.41) is 4.79. The maximum atomic E-state index is 13.7. The van der Waals surface area contributed by atoms with Crippen molar-refractivity contribution in [2.75, 3.05) is 23.9 Å². The lowest BCUT2D eigenvalue weighted by molar-refractivity contribution is -0.137. The predicted octanol–water partition coefficient (Wildman–Crippen LogP) is 5.81. The molecule has 2 amide bonds. The Morgan fingerprint density at radius 1 is 1.11 bits per heavy atom. The van der Waals surface area contributed by atoms with Gasteiger partial charge in [0, 0.05) is 15.4 Å².